The summed E-state index contributed by atoms with van der Waals surface area (Å²) < 4.78 is 36.3. The summed E-state index contributed by atoms with van der Waals surface area (Å²) in [5, 5.41) is 4.18. The minimum Gasteiger partial charge on any atom is -0.495 e. The minimum absolute atomic E-state index is 0.0161. The number of halogens is 1. The van der Waals surface area contributed by atoms with Gasteiger partial charge in [-0.1, -0.05) is 11.6 Å². The third kappa shape index (κ3) is 7.85. The van der Waals surface area contributed by atoms with E-state index in [0.29, 0.717) is 16.3 Å². The fraction of sp³-hybridized carbons (Fsp3) is 0.375. The van der Waals surface area contributed by atoms with E-state index < -0.39 is 22.5 Å². The molecule has 10 nitrogen and oxygen atoms in total. The lowest BCUT2D eigenvalue weighted by Gasteiger charge is -2.26. The van der Waals surface area contributed by atoms with Gasteiger partial charge in [0.1, 0.15) is 18.0 Å². The molecule has 0 radical (unpaired) electrons. The van der Waals surface area contributed by atoms with Crippen LogP contribution in [0.2, 0.25) is 5.02 Å². The molecule has 1 N–H and O–H groups in total. The van der Waals surface area contributed by atoms with Crippen molar-refractivity contribution in [3.05, 3.63) is 53.1 Å². The van der Waals surface area contributed by atoms with Gasteiger partial charge in [0.2, 0.25) is 10.0 Å². The standard InChI is InChI=1S/C24H29ClN4O6S/c1-34-22-11-8-19(25)14-21(22)29(36(2,32)33)16-23(30)27-26-15-18-6-9-20(10-7-18)35-17-24(31)28-12-4-3-5-13-28/h6-11,14-15H,3-5,12-13,16-17H2,1-2H3,(H,27,30)/b26-15-. The predicted molar refractivity (Wildman–Crippen MR) is 138 cm³/mol. The highest BCUT2D eigenvalue weighted by atomic mass is 35.5. The molecule has 3 rings (SSSR count). The van der Waals surface area contributed by atoms with Crippen molar-refractivity contribution in [3.8, 4) is 11.5 Å². The van der Waals surface area contributed by atoms with E-state index in [2.05, 4.69) is 10.5 Å². The van der Waals surface area contributed by atoms with Crippen LogP contribution in [-0.4, -0.2) is 71.0 Å². The van der Waals surface area contributed by atoms with E-state index in [4.69, 9.17) is 21.1 Å². The number of sulfonamides is 1. The zero-order valence-corrected chi connectivity index (χ0v) is 21.7. The van der Waals surface area contributed by atoms with Gasteiger partial charge in [-0.2, -0.15) is 5.10 Å². The largest absolute Gasteiger partial charge is 0.495 e. The number of anilines is 1. The molecular weight excluding hydrogens is 508 g/mol. The molecule has 1 saturated heterocycles. The van der Waals surface area contributed by atoms with E-state index in [1.165, 1.54) is 25.5 Å². The number of nitrogens with zero attached hydrogens (tertiary/aromatic N) is 3. The smallest absolute Gasteiger partial charge is 0.260 e. The van der Waals surface area contributed by atoms with Gasteiger partial charge in [-0.25, -0.2) is 13.8 Å². The highest BCUT2D eigenvalue weighted by molar-refractivity contribution is 7.92. The maximum absolute atomic E-state index is 12.4. The fourth-order valence-corrected chi connectivity index (χ4v) is 4.63. The molecule has 0 unspecified atom stereocenters. The SMILES string of the molecule is COc1ccc(Cl)cc1N(CC(=O)N/N=C\c1ccc(OCC(=O)N2CCCCC2)cc1)S(C)(=O)=O. The number of hydrazone groups is 1. The zero-order chi connectivity index (χ0) is 26.1. The molecule has 1 fully saturated rings. The van der Waals surface area contributed by atoms with Crippen LogP contribution in [0.3, 0.4) is 0 Å². The number of benzene rings is 2. The molecule has 2 amide bonds. The number of carbonyl (C=O) groups excluding carboxylic acids is 2. The molecule has 0 aliphatic carbocycles. The molecule has 0 spiro atoms. The lowest BCUT2D eigenvalue weighted by molar-refractivity contribution is -0.134. The Bertz CT molecular complexity index is 1200. The Kier molecular flexibility index (Phi) is 9.54. The summed E-state index contributed by atoms with van der Waals surface area (Å²) in [6.45, 7) is 1.01. The topological polar surface area (TPSA) is 118 Å². The normalized spacial score (nSPS) is 13.9. The van der Waals surface area contributed by atoms with E-state index in [1.807, 2.05) is 4.90 Å². The third-order valence-corrected chi connectivity index (χ3v) is 6.81. The van der Waals surface area contributed by atoms with E-state index >= 15 is 0 Å². The summed E-state index contributed by atoms with van der Waals surface area (Å²) in [5.41, 5.74) is 3.12. The highest BCUT2D eigenvalue weighted by Crippen LogP contribution is 2.32. The molecule has 2 aromatic carbocycles. The number of rotatable bonds is 10. The number of amides is 2. The van der Waals surface area contributed by atoms with Crippen LogP contribution in [-0.2, 0) is 19.6 Å². The first-order chi connectivity index (χ1) is 17.2. The summed E-state index contributed by atoms with van der Waals surface area (Å²) in [7, 11) is -2.43. The first-order valence-corrected chi connectivity index (χ1v) is 13.5. The summed E-state index contributed by atoms with van der Waals surface area (Å²) in [6, 6.07) is 11.3. The number of hydrogen-bond donors (Lipinski definition) is 1. The molecule has 1 aliphatic heterocycles. The summed E-state index contributed by atoms with van der Waals surface area (Å²) in [6.07, 6.45) is 5.59. The monoisotopic (exact) mass is 536 g/mol. The van der Waals surface area contributed by atoms with Crippen molar-refractivity contribution in [3.63, 3.8) is 0 Å². The van der Waals surface area contributed by atoms with Gasteiger partial charge in [0.05, 0.1) is 25.3 Å². The third-order valence-electron chi connectivity index (χ3n) is 5.45. The Hall–Kier alpha value is -3.31. The molecule has 0 saturated carbocycles. The van der Waals surface area contributed by atoms with Crippen LogP contribution in [0.1, 0.15) is 24.8 Å². The first-order valence-electron chi connectivity index (χ1n) is 11.3. The Morgan fingerprint density at radius 2 is 1.83 bits per heavy atom. The maximum atomic E-state index is 12.4. The first kappa shape index (κ1) is 27.3. The molecule has 0 bridgehead atoms. The summed E-state index contributed by atoms with van der Waals surface area (Å²) in [4.78, 5) is 26.5. The molecule has 12 heteroatoms. The lowest BCUT2D eigenvalue weighted by atomic mass is 10.1. The Balaban J connectivity index is 1.54. The minimum atomic E-state index is -3.82. The van der Waals surface area contributed by atoms with Gasteiger partial charge in [0.25, 0.3) is 11.8 Å². The highest BCUT2D eigenvalue weighted by Gasteiger charge is 2.24. The van der Waals surface area contributed by atoms with Gasteiger partial charge in [0, 0.05) is 18.1 Å². The van der Waals surface area contributed by atoms with Crippen molar-refractivity contribution in [2.24, 2.45) is 5.10 Å². The second-order valence-electron chi connectivity index (χ2n) is 8.18. The number of hydrogen-bond acceptors (Lipinski definition) is 7. The van der Waals surface area contributed by atoms with E-state index in [0.717, 1.165) is 42.9 Å². The molecular formula is C24H29ClN4O6S. The number of methoxy groups -OCH3 is 1. The molecule has 36 heavy (non-hydrogen) atoms. The predicted octanol–water partition coefficient (Wildman–Crippen LogP) is 2.66. The van der Waals surface area contributed by atoms with Gasteiger partial charge < -0.3 is 14.4 Å². The van der Waals surface area contributed by atoms with Crippen LogP contribution in [0.25, 0.3) is 0 Å². The number of carbonyl (C=O) groups is 2. The average molecular weight is 537 g/mol. The summed E-state index contributed by atoms with van der Waals surface area (Å²) >= 11 is 6.01. The van der Waals surface area contributed by atoms with Crippen LogP contribution >= 0.6 is 11.6 Å². The van der Waals surface area contributed by atoms with Crippen LogP contribution in [0.4, 0.5) is 5.69 Å². The quantitative estimate of drug-likeness (QED) is 0.368. The van der Waals surface area contributed by atoms with Crippen LogP contribution in [0.5, 0.6) is 11.5 Å². The van der Waals surface area contributed by atoms with Crippen LogP contribution in [0.15, 0.2) is 47.6 Å². The molecule has 2 aromatic rings. The van der Waals surface area contributed by atoms with Crippen molar-refractivity contribution >= 4 is 45.3 Å². The van der Waals surface area contributed by atoms with Crippen molar-refractivity contribution in [1.82, 2.24) is 10.3 Å². The summed E-state index contributed by atoms with van der Waals surface area (Å²) in [5.74, 6) is 0.110. The Morgan fingerprint density at radius 1 is 1.14 bits per heavy atom. The van der Waals surface area contributed by atoms with Gasteiger partial charge in [-0.15, -0.1) is 0 Å². The number of ether oxygens (including phenoxy) is 2. The van der Waals surface area contributed by atoms with E-state index in [1.54, 1.807) is 30.3 Å². The zero-order valence-electron chi connectivity index (χ0n) is 20.1. The second-order valence-corrected chi connectivity index (χ2v) is 10.5. The number of piperidine rings is 1. The van der Waals surface area contributed by atoms with Crippen molar-refractivity contribution < 1.29 is 27.5 Å². The molecule has 0 aromatic heterocycles. The Labute approximate surface area is 215 Å². The van der Waals surface area contributed by atoms with Crippen LogP contribution < -0.4 is 19.2 Å². The molecule has 194 valence electrons. The van der Waals surface area contributed by atoms with Crippen molar-refractivity contribution in [2.45, 2.75) is 19.3 Å². The maximum Gasteiger partial charge on any atom is 0.260 e. The number of likely N-dealkylation sites (tertiary alicyclic amines) is 1. The van der Waals surface area contributed by atoms with Crippen LogP contribution in [0, 0.1) is 0 Å². The van der Waals surface area contributed by atoms with Gasteiger partial charge >= 0.3 is 0 Å². The molecule has 0 atom stereocenters. The number of nitrogens with one attached hydrogen (secondary N) is 1. The lowest BCUT2D eigenvalue weighted by Crippen LogP contribution is -2.39. The second kappa shape index (κ2) is 12.6. The van der Waals surface area contributed by atoms with E-state index in [9.17, 15) is 18.0 Å². The molecule has 1 heterocycles. The van der Waals surface area contributed by atoms with Crippen molar-refractivity contribution in [2.75, 3.05) is 43.9 Å². The fourth-order valence-electron chi connectivity index (χ4n) is 3.61. The Morgan fingerprint density at radius 3 is 2.47 bits per heavy atom. The van der Waals surface area contributed by atoms with Gasteiger partial charge in [-0.05, 0) is 67.3 Å². The average Bonchev–Trinajstić information content (AvgIpc) is 2.86. The van der Waals surface area contributed by atoms with Gasteiger partial charge in [0.15, 0.2) is 6.61 Å². The van der Waals surface area contributed by atoms with Gasteiger partial charge in [-0.3, -0.25) is 13.9 Å². The van der Waals surface area contributed by atoms with Crippen molar-refractivity contribution in [1.29, 1.82) is 0 Å². The molecule has 1 aliphatic rings. The van der Waals surface area contributed by atoms with E-state index in [-0.39, 0.29) is 24.0 Å².